The molecule has 0 radical (unpaired) electrons. The zero-order chi connectivity index (χ0) is 8.81. The fourth-order valence-electron chi connectivity index (χ4n) is 1.17. The predicted octanol–water partition coefficient (Wildman–Crippen LogP) is 0.155. The van der Waals surface area contributed by atoms with Crippen molar-refractivity contribution in [2.75, 3.05) is 19.8 Å². The Kier molecular flexibility index (Phi) is 3.73. The largest absolute Gasteiger partial charge is 0.458 e. The summed E-state index contributed by atoms with van der Waals surface area (Å²) in [7, 11) is 0. The fourth-order valence-corrected chi connectivity index (χ4v) is 1.17. The molecule has 0 N–H and O–H groups in total. The van der Waals surface area contributed by atoms with E-state index in [1.165, 1.54) is 0 Å². The van der Waals surface area contributed by atoms with Gasteiger partial charge in [-0.05, 0) is 12.8 Å². The normalized spacial score (nSPS) is 18.7. The Labute approximate surface area is 70.8 Å². The second kappa shape index (κ2) is 4.87. The molecule has 0 bridgehead atoms. The summed E-state index contributed by atoms with van der Waals surface area (Å²) in [5, 5.41) is 0. The standard InChI is InChI=1S/C8H12O4/c9-3-6-12-8(10)7-1-4-11-5-2-7/h3,7H,1-2,4-6H2. The van der Waals surface area contributed by atoms with Crippen molar-refractivity contribution in [2.24, 2.45) is 5.92 Å². The molecular weight excluding hydrogens is 160 g/mol. The molecule has 4 heteroatoms. The van der Waals surface area contributed by atoms with Crippen LogP contribution in [0.4, 0.5) is 0 Å². The summed E-state index contributed by atoms with van der Waals surface area (Å²) < 4.78 is 9.75. The lowest BCUT2D eigenvalue weighted by atomic mass is 10.0. The van der Waals surface area contributed by atoms with Gasteiger partial charge in [0.15, 0.2) is 6.29 Å². The highest BCUT2D eigenvalue weighted by molar-refractivity contribution is 5.74. The molecule has 0 aliphatic carbocycles. The highest BCUT2D eigenvalue weighted by atomic mass is 16.5. The smallest absolute Gasteiger partial charge is 0.309 e. The van der Waals surface area contributed by atoms with Gasteiger partial charge in [0.2, 0.25) is 0 Å². The highest BCUT2D eigenvalue weighted by Gasteiger charge is 2.22. The third-order valence-corrected chi connectivity index (χ3v) is 1.85. The Morgan fingerprint density at radius 3 is 2.75 bits per heavy atom. The minimum absolute atomic E-state index is 0.0706. The molecule has 0 spiro atoms. The van der Waals surface area contributed by atoms with Crippen LogP contribution in [0.15, 0.2) is 0 Å². The van der Waals surface area contributed by atoms with Crippen LogP contribution in [0.2, 0.25) is 0 Å². The van der Waals surface area contributed by atoms with Crippen LogP contribution < -0.4 is 0 Å². The number of carbonyl (C=O) groups excluding carboxylic acids is 2. The van der Waals surface area contributed by atoms with E-state index >= 15 is 0 Å². The first-order valence-corrected chi connectivity index (χ1v) is 4.02. The Hall–Kier alpha value is -0.900. The predicted molar refractivity (Wildman–Crippen MR) is 40.6 cm³/mol. The van der Waals surface area contributed by atoms with Crippen molar-refractivity contribution in [1.29, 1.82) is 0 Å². The Bertz CT molecular complexity index is 160. The summed E-state index contributed by atoms with van der Waals surface area (Å²) in [5.41, 5.74) is 0. The molecule has 0 unspecified atom stereocenters. The Balaban J connectivity index is 2.24. The van der Waals surface area contributed by atoms with Gasteiger partial charge < -0.3 is 9.47 Å². The van der Waals surface area contributed by atoms with Crippen molar-refractivity contribution >= 4 is 12.3 Å². The van der Waals surface area contributed by atoms with Crippen LogP contribution in [0.5, 0.6) is 0 Å². The topological polar surface area (TPSA) is 52.6 Å². The molecule has 68 valence electrons. The van der Waals surface area contributed by atoms with Crippen LogP contribution in [-0.4, -0.2) is 32.1 Å². The lowest BCUT2D eigenvalue weighted by molar-refractivity contribution is -0.153. The molecule has 1 aliphatic rings. The summed E-state index contributed by atoms with van der Waals surface area (Å²) >= 11 is 0. The molecule has 0 saturated carbocycles. The zero-order valence-corrected chi connectivity index (χ0v) is 6.82. The maximum absolute atomic E-state index is 11.1. The van der Waals surface area contributed by atoms with Crippen molar-refractivity contribution in [2.45, 2.75) is 12.8 Å². The lowest BCUT2D eigenvalue weighted by Gasteiger charge is -2.19. The van der Waals surface area contributed by atoms with E-state index in [-0.39, 0.29) is 18.5 Å². The van der Waals surface area contributed by atoms with Gasteiger partial charge in [0.25, 0.3) is 0 Å². The van der Waals surface area contributed by atoms with Gasteiger partial charge in [-0.3, -0.25) is 9.59 Å². The first-order chi connectivity index (χ1) is 5.84. The molecule has 0 aromatic heterocycles. The number of rotatable bonds is 3. The third kappa shape index (κ3) is 2.62. The summed E-state index contributed by atoms with van der Waals surface area (Å²) in [6, 6.07) is 0. The van der Waals surface area contributed by atoms with Crippen LogP contribution in [0, 0.1) is 5.92 Å². The number of carbonyl (C=O) groups is 2. The van der Waals surface area contributed by atoms with E-state index in [1.807, 2.05) is 0 Å². The molecule has 1 aliphatic heterocycles. The molecule has 0 amide bonds. The number of hydrogen-bond donors (Lipinski definition) is 0. The second-order valence-corrected chi connectivity index (χ2v) is 2.68. The molecule has 0 atom stereocenters. The first-order valence-electron chi connectivity index (χ1n) is 4.02. The van der Waals surface area contributed by atoms with Gasteiger partial charge in [0.05, 0.1) is 5.92 Å². The minimum atomic E-state index is -0.273. The van der Waals surface area contributed by atoms with Crippen molar-refractivity contribution in [3.63, 3.8) is 0 Å². The van der Waals surface area contributed by atoms with Gasteiger partial charge in [-0.15, -0.1) is 0 Å². The van der Waals surface area contributed by atoms with Crippen LogP contribution in [-0.2, 0) is 19.1 Å². The van der Waals surface area contributed by atoms with E-state index < -0.39 is 0 Å². The van der Waals surface area contributed by atoms with Crippen LogP contribution >= 0.6 is 0 Å². The van der Waals surface area contributed by atoms with Gasteiger partial charge in [0, 0.05) is 13.2 Å². The van der Waals surface area contributed by atoms with Crippen LogP contribution in [0.3, 0.4) is 0 Å². The van der Waals surface area contributed by atoms with Crippen molar-refractivity contribution in [3.8, 4) is 0 Å². The van der Waals surface area contributed by atoms with Gasteiger partial charge in [-0.25, -0.2) is 0 Å². The minimum Gasteiger partial charge on any atom is -0.458 e. The van der Waals surface area contributed by atoms with Crippen LogP contribution in [0.1, 0.15) is 12.8 Å². The number of ether oxygens (including phenoxy) is 2. The summed E-state index contributed by atoms with van der Waals surface area (Å²) in [4.78, 5) is 21.0. The number of aldehydes is 1. The fraction of sp³-hybridized carbons (Fsp3) is 0.750. The van der Waals surface area contributed by atoms with Gasteiger partial charge in [-0.1, -0.05) is 0 Å². The van der Waals surface area contributed by atoms with E-state index in [2.05, 4.69) is 4.74 Å². The van der Waals surface area contributed by atoms with E-state index in [1.54, 1.807) is 0 Å². The maximum atomic E-state index is 11.1. The van der Waals surface area contributed by atoms with Crippen molar-refractivity contribution < 1.29 is 19.1 Å². The van der Waals surface area contributed by atoms with Crippen molar-refractivity contribution in [3.05, 3.63) is 0 Å². The Morgan fingerprint density at radius 1 is 1.50 bits per heavy atom. The van der Waals surface area contributed by atoms with Gasteiger partial charge >= 0.3 is 5.97 Å². The quantitative estimate of drug-likeness (QED) is 0.449. The molecule has 0 aromatic carbocycles. The van der Waals surface area contributed by atoms with Gasteiger partial charge in [-0.2, -0.15) is 0 Å². The SMILES string of the molecule is O=CCOC(=O)C1CCOCC1. The van der Waals surface area contributed by atoms with E-state index in [0.717, 1.165) is 0 Å². The average Bonchev–Trinajstić information content (AvgIpc) is 2.15. The molecular formula is C8H12O4. The monoisotopic (exact) mass is 172 g/mol. The molecule has 4 nitrogen and oxygen atoms in total. The summed E-state index contributed by atoms with van der Waals surface area (Å²) in [6.07, 6.45) is 1.99. The Morgan fingerprint density at radius 2 is 2.17 bits per heavy atom. The summed E-state index contributed by atoms with van der Waals surface area (Å²) in [6.45, 7) is 1.10. The maximum Gasteiger partial charge on any atom is 0.309 e. The molecule has 1 heterocycles. The van der Waals surface area contributed by atoms with Gasteiger partial charge in [0.1, 0.15) is 6.61 Å². The molecule has 0 aromatic rings. The van der Waals surface area contributed by atoms with E-state index in [0.29, 0.717) is 32.3 Å². The second-order valence-electron chi connectivity index (χ2n) is 2.68. The zero-order valence-electron chi connectivity index (χ0n) is 6.82. The lowest BCUT2D eigenvalue weighted by Crippen LogP contribution is -2.25. The van der Waals surface area contributed by atoms with E-state index in [9.17, 15) is 9.59 Å². The van der Waals surface area contributed by atoms with Crippen LogP contribution in [0.25, 0.3) is 0 Å². The molecule has 1 saturated heterocycles. The molecule has 1 fully saturated rings. The highest BCUT2D eigenvalue weighted by Crippen LogP contribution is 2.15. The molecule has 1 rings (SSSR count). The first kappa shape index (κ1) is 9.19. The number of esters is 1. The van der Waals surface area contributed by atoms with E-state index in [4.69, 9.17) is 4.74 Å². The van der Waals surface area contributed by atoms with Crippen molar-refractivity contribution in [1.82, 2.24) is 0 Å². The average molecular weight is 172 g/mol. The third-order valence-electron chi connectivity index (χ3n) is 1.85. The molecule has 12 heavy (non-hydrogen) atoms. The summed E-state index contributed by atoms with van der Waals surface area (Å²) in [5.74, 6) is -0.343. The number of hydrogen-bond acceptors (Lipinski definition) is 4.